The Morgan fingerprint density at radius 2 is 2.00 bits per heavy atom. The quantitative estimate of drug-likeness (QED) is 0.325. The van der Waals surface area contributed by atoms with Crippen LogP contribution in [0.2, 0.25) is 0 Å². The number of halogens is 3. The van der Waals surface area contributed by atoms with Gasteiger partial charge in [-0.1, -0.05) is 27.9 Å². The SMILES string of the molecule is NSCCCCOc1cc2cc(C(F)(F)P(O)O)c(Br)cc2cn1. The van der Waals surface area contributed by atoms with E-state index < -0.39 is 19.6 Å². The molecule has 0 unspecified atom stereocenters. The Bertz CT molecular complexity index is 709. The summed E-state index contributed by atoms with van der Waals surface area (Å²) in [6.45, 7) is 0.456. The molecular formula is C14H16BrF2N2O3PS. The van der Waals surface area contributed by atoms with Crippen molar-refractivity contribution in [1.29, 1.82) is 0 Å². The fourth-order valence-corrected chi connectivity index (χ4v) is 3.56. The van der Waals surface area contributed by atoms with Crippen molar-refractivity contribution in [1.82, 2.24) is 4.98 Å². The fraction of sp³-hybridized carbons (Fsp3) is 0.357. The zero-order chi connectivity index (χ0) is 17.7. The fourth-order valence-electron chi connectivity index (χ4n) is 2.03. The van der Waals surface area contributed by atoms with E-state index in [1.807, 2.05) is 0 Å². The molecule has 1 aromatic carbocycles. The molecule has 0 amide bonds. The number of benzene rings is 1. The lowest BCUT2D eigenvalue weighted by Gasteiger charge is -2.19. The number of unbranched alkanes of at least 4 members (excludes halogenated alkanes) is 1. The first-order valence-electron chi connectivity index (χ1n) is 6.96. The molecule has 0 fully saturated rings. The van der Waals surface area contributed by atoms with Crippen molar-refractivity contribution < 1.29 is 23.3 Å². The monoisotopic (exact) mass is 440 g/mol. The van der Waals surface area contributed by atoms with Gasteiger partial charge in [0.25, 0.3) is 0 Å². The molecule has 1 aromatic heterocycles. The average Bonchev–Trinajstić information content (AvgIpc) is 2.54. The van der Waals surface area contributed by atoms with Gasteiger partial charge in [0.2, 0.25) is 14.3 Å². The summed E-state index contributed by atoms with van der Waals surface area (Å²) in [5.41, 5.74) is -4.21. The van der Waals surface area contributed by atoms with E-state index in [0.29, 0.717) is 23.3 Å². The standard InChI is InChI=1S/C14H16BrF2N2O3PS/c15-12-6-10-8-19-13(22-3-1-2-4-24-18)7-9(10)5-11(12)14(16,17)23(20)21/h5-8,20-21H,1-4,18H2. The average molecular weight is 441 g/mol. The van der Waals surface area contributed by atoms with Crippen molar-refractivity contribution in [3.63, 3.8) is 0 Å². The summed E-state index contributed by atoms with van der Waals surface area (Å²) in [6, 6.07) is 4.23. The van der Waals surface area contributed by atoms with Gasteiger partial charge in [0.1, 0.15) is 0 Å². The maximum atomic E-state index is 13.9. The second-order valence-electron chi connectivity index (χ2n) is 4.96. The van der Waals surface area contributed by atoms with Gasteiger partial charge in [0.15, 0.2) is 0 Å². The number of ether oxygens (including phenoxy) is 1. The molecule has 0 aliphatic heterocycles. The van der Waals surface area contributed by atoms with Gasteiger partial charge in [0.05, 0.1) is 6.61 Å². The van der Waals surface area contributed by atoms with E-state index in [4.69, 9.17) is 19.7 Å². The van der Waals surface area contributed by atoms with Crippen LogP contribution in [0.1, 0.15) is 18.4 Å². The normalized spacial score (nSPS) is 12.1. The van der Waals surface area contributed by atoms with Crippen molar-refractivity contribution in [3.8, 4) is 5.88 Å². The number of alkyl halides is 2. The first kappa shape index (κ1) is 19.8. The van der Waals surface area contributed by atoms with Gasteiger partial charge in [-0.15, -0.1) is 0 Å². The third-order valence-corrected chi connectivity index (χ3v) is 5.19. The number of rotatable bonds is 8. The minimum Gasteiger partial charge on any atom is -0.478 e. The molecule has 1 heterocycles. The molecule has 0 spiro atoms. The number of pyridine rings is 1. The van der Waals surface area contributed by atoms with Crippen LogP contribution in [-0.4, -0.2) is 27.1 Å². The highest BCUT2D eigenvalue weighted by Gasteiger charge is 2.42. The van der Waals surface area contributed by atoms with Gasteiger partial charge in [-0.05, 0) is 30.4 Å². The van der Waals surface area contributed by atoms with Crippen molar-refractivity contribution in [2.45, 2.75) is 18.5 Å². The molecule has 2 rings (SSSR count). The van der Waals surface area contributed by atoms with Crippen molar-refractivity contribution in [3.05, 3.63) is 34.4 Å². The molecular weight excluding hydrogens is 425 g/mol. The highest BCUT2D eigenvalue weighted by atomic mass is 79.9. The zero-order valence-electron chi connectivity index (χ0n) is 12.5. The van der Waals surface area contributed by atoms with Crippen LogP contribution in [0.15, 0.2) is 28.9 Å². The molecule has 0 saturated carbocycles. The second kappa shape index (κ2) is 8.69. The first-order valence-corrected chi connectivity index (χ1v) is 10.0. The van der Waals surface area contributed by atoms with Crippen LogP contribution in [0.4, 0.5) is 8.78 Å². The number of nitrogens with zero attached hydrogens (tertiary/aromatic N) is 1. The number of fused-ring (bicyclic) bond motifs is 1. The summed E-state index contributed by atoms with van der Waals surface area (Å²) in [4.78, 5) is 22.1. The molecule has 0 radical (unpaired) electrons. The molecule has 0 atom stereocenters. The highest BCUT2D eigenvalue weighted by Crippen LogP contribution is 2.54. The molecule has 2 aromatic rings. The number of nitrogens with two attached hydrogens (primary N) is 1. The third-order valence-electron chi connectivity index (χ3n) is 3.26. The van der Waals surface area contributed by atoms with E-state index >= 15 is 0 Å². The molecule has 132 valence electrons. The van der Waals surface area contributed by atoms with Gasteiger partial charge in [0, 0.05) is 33.4 Å². The van der Waals surface area contributed by atoms with Crippen molar-refractivity contribution in [2.75, 3.05) is 12.4 Å². The van der Waals surface area contributed by atoms with Crippen LogP contribution in [0.3, 0.4) is 0 Å². The Labute approximate surface area is 151 Å². The van der Waals surface area contributed by atoms with E-state index in [2.05, 4.69) is 20.9 Å². The Kier molecular flexibility index (Phi) is 7.15. The van der Waals surface area contributed by atoms with Gasteiger partial charge < -0.3 is 14.5 Å². The topological polar surface area (TPSA) is 88.6 Å². The number of hydrogen-bond acceptors (Lipinski definition) is 6. The van der Waals surface area contributed by atoms with Crippen LogP contribution in [-0.2, 0) is 5.66 Å². The number of aromatic nitrogens is 1. The maximum absolute atomic E-state index is 13.9. The first-order chi connectivity index (χ1) is 11.4. The molecule has 4 N–H and O–H groups in total. The Balaban J connectivity index is 2.23. The smallest absolute Gasteiger partial charge is 0.340 e. The molecule has 24 heavy (non-hydrogen) atoms. The van der Waals surface area contributed by atoms with Crippen molar-refractivity contribution in [2.24, 2.45) is 5.14 Å². The Hall–Kier alpha value is -0.570. The zero-order valence-corrected chi connectivity index (χ0v) is 15.8. The second-order valence-corrected chi connectivity index (χ2v) is 7.70. The maximum Gasteiger partial charge on any atom is 0.340 e. The van der Waals surface area contributed by atoms with Gasteiger partial charge in [-0.3, -0.25) is 5.14 Å². The van der Waals surface area contributed by atoms with E-state index in [1.165, 1.54) is 30.3 Å². The van der Waals surface area contributed by atoms with Crippen LogP contribution in [0.25, 0.3) is 10.8 Å². The van der Waals surface area contributed by atoms with E-state index in [-0.39, 0.29) is 4.47 Å². The summed E-state index contributed by atoms with van der Waals surface area (Å²) >= 11 is 4.31. The minimum absolute atomic E-state index is 0.0883. The summed E-state index contributed by atoms with van der Waals surface area (Å²) in [6.07, 6.45) is 3.25. The highest BCUT2D eigenvalue weighted by molar-refractivity contribution is 9.10. The van der Waals surface area contributed by atoms with Crippen LogP contribution < -0.4 is 9.88 Å². The third kappa shape index (κ3) is 4.74. The van der Waals surface area contributed by atoms with E-state index in [1.54, 1.807) is 6.07 Å². The molecule has 0 saturated heterocycles. The molecule has 0 aliphatic rings. The molecule has 0 aliphatic carbocycles. The number of hydrogen-bond donors (Lipinski definition) is 3. The minimum atomic E-state index is -3.73. The van der Waals surface area contributed by atoms with Crippen LogP contribution in [0.5, 0.6) is 5.88 Å². The van der Waals surface area contributed by atoms with Gasteiger partial charge >= 0.3 is 5.66 Å². The van der Waals surface area contributed by atoms with Gasteiger partial charge in [-0.25, -0.2) is 4.98 Å². The van der Waals surface area contributed by atoms with Crippen LogP contribution in [0, 0.1) is 0 Å². The van der Waals surface area contributed by atoms with Gasteiger partial charge in [-0.2, -0.15) is 8.78 Å². The molecule has 10 heteroatoms. The Morgan fingerprint density at radius 1 is 1.25 bits per heavy atom. The summed E-state index contributed by atoms with van der Waals surface area (Å²) in [5.74, 6) is 1.17. The predicted octanol–water partition coefficient (Wildman–Crippen LogP) is 4.11. The lowest BCUT2D eigenvalue weighted by atomic mass is 10.1. The molecule has 5 nitrogen and oxygen atoms in total. The van der Waals surface area contributed by atoms with E-state index in [9.17, 15) is 8.78 Å². The van der Waals surface area contributed by atoms with Crippen LogP contribution >= 0.6 is 36.3 Å². The summed E-state index contributed by atoms with van der Waals surface area (Å²) in [5, 5.41) is 6.44. The lowest BCUT2D eigenvalue weighted by Crippen LogP contribution is -2.11. The lowest BCUT2D eigenvalue weighted by molar-refractivity contribution is 0.0726. The summed E-state index contributed by atoms with van der Waals surface area (Å²) in [7, 11) is -3.44. The van der Waals surface area contributed by atoms with Crippen molar-refractivity contribution >= 4 is 47.0 Å². The predicted molar refractivity (Wildman–Crippen MR) is 96.1 cm³/mol. The Morgan fingerprint density at radius 3 is 2.67 bits per heavy atom. The molecule has 0 bridgehead atoms. The largest absolute Gasteiger partial charge is 0.478 e. The van der Waals surface area contributed by atoms with E-state index in [0.717, 1.165) is 18.6 Å². The summed E-state index contributed by atoms with van der Waals surface area (Å²) < 4.78 is 33.5.